The van der Waals surface area contributed by atoms with Gasteiger partial charge in [-0.05, 0) is 13.3 Å². The zero-order valence-corrected chi connectivity index (χ0v) is 10.9. The summed E-state index contributed by atoms with van der Waals surface area (Å²) < 4.78 is 0. The topological polar surface area (TPSA) is 28.7 Å². The number of H-pyrrole nitrogens is 1. The largest absolute Gasteiger partial charge is 0.346 e. The summed E-state index contributed by atoms with van der Waals surface area (Å²) in [4.78, 5) is 7.60. The van der Waals surface area contributed by atoms with Gasteiger partial charge in [0.15, 0.2) is 0 Å². The number of unbranched alkanes of at least 4 members (excludes halogenated alkanes) is 7. The lowest BCUT2D eigenvalue weighted by Gasteiger charge is -2.00. The van der Waals surface area contributed by atoms with Gasteiger partial charge in [0.2, 0.25) is 0 Å². The molecule has 0 unspecified atom stereocenters. The van der Waals surface area contributed by atoms with Crippen molar-refractivity contribution in [1.29, 1.82) is 0 Å². The number of hydrogen-bond donors (Lipinski definition) is 1. The first kappa shape index (κ1) is 13.3. The fourth-order valence-electron chi connectivity index (χ4n) is 2.02. The number of nitrogens with one attached hydrogen (secondary N) is 1. The van der Waals surface area contributed by atoms with E-state index in [1.807, 2.05) is 6.20 Å². The van der Waals surface area contributed by atoms with Crippen molar-refractivity contribution in [3.05, 3.63) is 17.7 Å². The Morgan fingerprint density at radius 3 is 2.19 bits per heavy atom. The van der Waals surface area contributed by atoms with Gasteiger partial charge in [-0.1, -0.05) is 51.9 Å². The van der Waals surface area contributed by atoms with Gasteiger partial charge in [0.25, 0.3) is 0 Å². The molecule has 0 aromatic carbocycles. The Morgan fingerprint density at radius 1 is 1.00 bits per heavy atom. The summed E-state index contributed by atoms with van der Waals surface area (Å²) in [5.41, 5.74) is 1.18. The van der Waals surface area contributed by atoms with Gasteiger partial charge in [-0.3, -0.25) is 0 Å². The third-order valence-electron chi connectivity index (χ3n) is 3.02. The van der Waals surface area contributed by atoms with Crippen LogP contribution in [0, 0.1) is 6.92 Å². The maximum absolute atomic E-state index is 4.32. The fraction of sp³-hybridized carbons (Fsp3) is 0.786. The minimum absolute atomic E-state index is 1.11. The molecule has 2 nitrogen and oxygen atoms in total. The average molecular weight is 222 g/mol. The molecule has 0 fully saturated rings. The predicted octanol–water partition coefficient (Wildman–Crippen LogP) is 4.40. The van der Waals surface area contributed by atoms with Gasteiger partial charge >= 0.3 is 0 Å². The SMILES string of the molecule is CCCCCCCCCCc1ncc(C)[nH]1. The molecule has 92 valence electrons. The minimum Gasteiger partial charge on any atom is -0.346 e. The molecule has 0 aliphatic carbocycles. The molecule has 0 aliphatic rings. The molecule has 0 radical (unpaired) electrons. The number of aromatic nitrogens is 2. The van der Waals surface area contributed by atoms with E-state index in [0.717, 1.165) is 12.2 Å². The molecule has 0 amide bonds. The number of aryl methyl sites for hydroxylation is 2. The Bertz CT molecular complexity index is 265. The lowest BCUT2D eigenvalue weighted by Crippen LogP contribution is -1.89. The Labute approximate surface area is 99.9 Å². The van der Waals surface area contributed by atoms with Crippen molar-refractivity contribution in [2.24, 2.45) is 0 Å². The maximum atomic E-state index is 4.32. The van der Waals surface area contributed by atoms with Crippen LogP contribution < -0.4 is 0 Å². The van der Waals surface area contributed by atoms with Crippen LogP contribution in [0.5, 0.6) is 0 Å². The molecule has 1 N–H and O–H groups in total. The molecule has 0 saturated carbocycles. The van der Waals surface area contributed by atoms with E-state index in [1.165, 1.54) is 57.1 Å². The Kier molecular flexibility index (Phi) is 6.95. The zero-order valence-electron chi connectivity index (χ0n) is 10.9. The highest BCUT2D eigenvalue weighted by Crippen LogP contribution is 2.10. The Balaban J connectivity index is 1.88. The lowest BCUT2D eigenvalue weighted by atomic mass is 10.1. The summed E-state index contributed by atoms with van der Waals surface area (Å²) in [6.07, 6.45) is 14.1. The number of rotatable bonds is 9. The highest BCUT2D eigenvalue weighted by Gasteiger charge is 1.97. The second-order valence-corrected chi connectivity index (χ2v) is 4.74. The van der Waals surface area contributed by atoms with Crippen LogP contribution in [-0.2, 0) is 6.42 Å². The first-order valence-corrected chi connectivity index (χ1v) is 6.83. The van der Waals surface area contributed by atoms with E-state index in [1.54, 1.807) is 0 Å². The van der Waals surface area contributed by atoms with Crippen molar-refractivity contribution in [1.82, 2.24) is 9.97 Å². The summed E-state index contributed by atoms with van der Waals surface area (Å²) in [5, 5.41) is 0. The van der Waals surface area contributed by atoms with Crippen LogP contribution >= 0.6 is 0 Å². The lowest BCUT2D eigenvalue weighted by molar-refractivity contribution is 0.572. The second kappa shape index (κ2) is 8.37. The number of aromatic amines is 1. The van der Waals surface area contributed by atoms with E-state index in [2.05, 4.69) is 23.8 Å². The van der Waals surface area contributed by atoms with Gasteiger partial charge in [0.1, 0.15) is 5.82 Å². The number of nitrogens with zero attached hydrogens (tertiary/aromatic N) is 1. The van der Waals surface area contributed by atoms with E-state index in [4.69, 9.17) is 0 Å². The molecule has 0 bridgehead atoms. The molecule has 2 heteroatoms. The van der Waals surface area contributed by atoms with Gasteiger partial charge in [-0.25, -0.2) is 4.98 Å². The van der Waals surface area contributed by atoms with Crippen LogP contribution in [0.25, 0.3) is 0 Å². The molecule has 1 heterocycles. The standard InChI is InChI=1S/C14H26N2/c1-3-4-5-6-7-8-9-10-11-14-15-12-13(2)16-14/h12H,3-11H2,1-2H3,(H,15,16). The highest BCUT2D eigenvalue weighted by atomic mass is 14.9. The van der Waals surface area contributed by atoms with E-state index in [0.29, 0.717) is 0 Å². The molecule has 1 aromatic heterocycles. The molecule has 0 saturated heterocycles. The summed E-state index contributed by atoms with van der Waals surface area (Å²) in [7, 11) is 0. The smallest absolute Gasteiger partial charge is 0.106 e. The minimum atomic E-state index is 1.11. The third-order valence-corrected chi connectivity index (χ3v) is 3.02. The van der Waals surface area contributed by atoms with Gasteiger partial charge in [0, 0.05) is 18.3 Å². The predicted molar refractivity (Wildman–Crippen MR) is 69.6 cm³/mol. The van der Waals surface area contributed by atoms with E-state index in [9.17, 15) is 0 Å². The second-order valence-electron chi connectivity index (χ2n) is 4.74. The number of hydrogen-bond acceptors (Lipinski definition) is 1. The van der Waals surface area contributed by atoms with E-state index >= 15 is 0 Å². The summed E-state index contributed by atoms with van der Waals surface area (Å²) >= 11 is 0. The average Bonchev–Trinajstić information content (AvgIpc) is 2.68. The van der Waals surface area contributed by atoms with Gasteiger partial charge in [-0.2, -0.15) is 0 Å². The summed E-state index contributed by atoms with van der Waals surface area (Å²) in [6.45, 7) is 4.33. The van der Waals surface area contributed by atoms with Crippen molar-refractivity contribution in [3.63, 3.8) is 0 Å². The number of imidazole rings is 1. The fourth-order valence-corrected chi connectivity index (χ4v) is 2.02. The first-order valence-electron chi connectivity index (χ1n) is 6.83. The van der Waals surface area contributed by atoms with Gasteiger partial charge in [-0.15, -0.1) is 0 Å². The van der Waals surface area contributed by atoms with Crippen LogP contribution in [0.4, 0.5) is 0 Å². The summed E-state index contributed by atoms with van der Waals surface area (Å²) in [5.74, 6) is 1.16. The molecular formula is C14H26N2. The zero-order chi connectivity index (χ0) is 11.6. The van der Waals surface area contributed by atoms with Crippen LogP contribution in [0.1, 0.15) is 69.8 Å². The van der Waals surface area contributed by atoms with Crippen molar-refractivity contribution in [2.45, 2.75) is 71.6 Å². The van der Waals surface area contributed by atoms with Gasteiger partial charge in [0.05, 0.1) is 0 Å². The molecule has 1 aromatic rings. The Hall–Kier alpha value is -0.790. The molecular weight excluding hydrogens is 196 g/mol. The van der Waals surface area contributed by atoms with Crippen LogP contribution in [0.15, 0.2) is 6.20 Å². The molecule has 0 spiro atoms. The molecule has 0 atom stereocenters. The van der Waals surface area contributed by atoms with Crippen molar-refractivity contribution < 1.29 is 0 Å². The van der Waals surface area contributed by atoms with Gasteiger partial charge < -0.3 is 4.98 Å². The Morgan fingerprint density at radius 2 is 1.62 bits per heavy atom. The first-order chi connectivity index (χ1) is 7.83. The van der Waals surface area contributed by atoms with Crippen molar-refractivity contribution >= 4 is 0 Å². The monoisotopic (exact) mass is 222 g/mol. The van der Waals surface area contributed by atoms with Crippen LogP contribution in [-0.4, -0.2) is 9.97 Å². The van der Waals surface area contributed by atoms with Crippen LogP contribution in [0.2, 0.25) is 0 Å². The summed E-state index contributed by atoms with van der Waals surface area (Å²) in [6, 6.07) is 0. The molecule has 1 rings (SSSR count). The maximum Gasteiger partial charge on any atom is 0.106 e. The van der Waals surface area contributed by atoms with Crippen LogP contribution in [0.3, 0.4) is 0 Å². The normalized spacial score (nSPS) is 10.9. The highest BCUT2D eigenvalue weighted by molar-refractivity contribution is 4.98. The van der Waals surface area contributed by atoms with Crippen molar-refractivity contribution in [3.8, 4) is 0 Å². The quantitative estimate of drug-likeness (QED) is 0.616. The van der Waals surface area contributed by atoms with E-state index < -0.39 is 0 Å². The molecule has 16 heavy (non-hydrogen) atoms. The third kappa shape index (κ3) is 5.94. The van der Waals surface area contributed by atoms with Crippen molar-refractivity contribution in [2.75, 3.05) is 0 Å². The van der Waals surface area contributed by atoms with E-state index in [-0.39, 0.29) is 0 Å². The molecule has 0 aliphatic heterocycles.